The summed E-state index contributed by atoms with van der Waals surface area (Å²) in [6, 6.07) is 0. The van der Waals surface area contributed by atoms with Gasteiger partial charge in [-0.3, -0.25) is 4.79 Å². The second-order valence-corrected chi connectivity index (χ2v) is 3.45. The third-order valence-corrected chi connectivity index (χ3v) is 1.76. The van der Waals surface area contributed by atoms with Crippen LogP contribution >= 0.6 is 0 Å². The van der Waals surface area contributed by atoms with Gasteiger partial charge in [0.15, 0.2) is 0 Å². The molecule has 1 nitrogen and oxygen atoms in total. The van der Waals surface area contributed by atoms with Crippen LogP contribution in [0.1, 0.15) is 33.6 Å². The summed E-state index contributed by atoms with van der Waals surface area (Å²) >= 11 is 0. The molecule has 0 saturated heterocycles. The van der Waals surface area contributed by atoms with Crippen molar-refractivity contribution in [3.05, 3.63) is 12.7 Å². The minimum atomic E-state index is 0.183. The molecule has 0 bridgehead atoms. The molecule has 64 valence electrons. The molecule has 0 aromatic carbocycles. The van der Waals surface area contributed by atoms with Crippen LogP contribution in [0.2, 0.25) is 0 Å². The van der Waals surface area contributed by atoms with Gasteiger partial charge < -0.3 is 0 Å². The molecule has 0 saturated carbocycles. The average Bonchev–Trinajstić information content (AvgIpc) is 1.87. The zero-order valence-electron chi connectivity index (χ0n) is 7.76. The van der Waals surface area contributed by atoms with E-state index in [9.17, 15) is 4.79 Å². The SMILES string of the molecule is C=CCC(C)CC(=O)C(C)C. The quantitative estimate of drug-likeness (QED) is 0.556. The molecule has 0 aliphatic rings. The van der Waals surface area contributed by atoms with E-state index < -0.39 is 0 Å². The van der Waals surface area contributed by atoms with Crippen LogP contribution in [0.3, 0.4) is 0 Å². The van der Waals surface area contributed by atoms with Gasteiger partial charge in [0, 0.05) is 12.3 Å². The molecule has 0 rings (SSSR count). The fourth-order valence-corrected chi connectivity index (χ4v) is 0.947. The van der Waals surface area contributed by atoms with Crippen molar-refractivity contribution in [2.24, 2.45) is 11.8 Å². The highest BCUT2D eigenvalue weighted by Gasteiger charge is 2.10. The van der Waals surface area contributed by atoms with Crippen LogP contribution in [0.25, 0.3) is 0 Å². The summed E-state index contributed by atoms with van der Waals surface area (Å²) in [5.74, 6) is 1.00. The molecule has 0 amide bonds. The molecule has 0 heterocycles. The fraction of sp³-hybridized carbons (Fsp3) is 0.700. The van der Waals surface area contributed by atoms with Gasteiger partial charge in [0.2, 0.25) is 0 Å². The lowest BCUT2D eigenvalue weighted by Crippen LogP contribution is -2.10. The van der Waals surface area contributed by atoms with Crippen molar-refractivity contribution >= 4 is 5.78 Å². The zero-order chi connectivity index (χ0) is 8.85. The maximum atomic E-state index is 11.2. The van der Waals surface area contributed by atoms with Gasteiger partial charge in [-0.1, -0.05) is 26.8 Å². The number of hydrogen-bond acceptors (Lipinski definition) is 1. The van der Waals surface area contributed by atoms with Crippen molar-refractivity contribution in [2.75, 3.05) is 0 Å². The van der Waals surface area contributed by atoms with E-state index in [-0.39, 0.29) is 5.92 Å². The molecule has 1 atom stereocenters. The molecule has 11 heavy (non-hydrogen) atoms. The highest BCUT2D eigenvalue weighted by Crippen LogP contribution is 2.11. The van der Waals surface area contributed by atoms with Crippen LogP contribution in [-0.2, 0) is 4.79 Å². The predicted octanol–water partition coefficient (Wildman–Crippen LogP) is 2.81. The standard InChI is InChI=1S/C10H18O/c1-5-6-9(4)7-10(11)8(2)3/h5,8-9H,1,6-7H2,2-4H3. The number of ketones is 1. The summed E-state index contributed by atoms with van der Waals surface area (Å²) in [6.07, 6.45) is 3.51. The number of hydrogen-bond donors (Lipinski definition) is 0. The highest BCUT2D eigenvalue weighted by molar-refractivity contribution is 5.80. The van der Waals surface area contributed by atoms with Gasteiger partial charge >= 0.3 is 0 Å². The molecule has 0 aliphatic carbocycles. The van der Waals surface area contributed by atoms with Crippen molar-refractivity contribution in [2.45, 2.75) is 33.6 Å². The molecule has 1 heteroatoms. The normalized spacial score (nSPS) is 13.1. The molecule has 0 aliphatic heterocycles. The Morgan fingerprint density at radius 3 is 2.36 bits per heavy atom. The van der Waals surface area contributed by atoms with Crippen molar-refractivity contribution < 1.29 is 4.79 Å². The van der Waals surface area contributed by atoms with Gasteiger partial charge in [-0.2, -0.15) is 0 Å². The van der Waals surface area contributed by atoms with E-state index in [0.29, 0.717) is 18.1 Å². The maximum absolute atomic E-state index is 11.2. The molecule has 0 spiro atoms. The molecular weight excluding hydrogens is 136 g/mol. The fourth-order valence-electron chi connectivity index (χ4n) is 0.947. The van der Waals surface area contributed by atoms with Gasteiger partial charge in [0.1, 0.15) is 5.78 Å². The molecule has 0 N–H and O–H groups in total. The maximum Gasteiger partial charge on any atom is 0.135 e. The summed E-state index contributed by atoms with van der Waals surface area (Å²) in [7, 11) is 0. The second kappa shape index (κ2) is 5.11. The lowest BCUT2D eigenvalue weighted by molar-refractivity contribution is -0.122. The third-order valence-electron chi connectivity index (χ3n) is 1.76. The Labute approximate surface area is 69.5 Å². The average molecular weight is 154 g/mol. The summed E-state index contributed by atoms with van der Waals surface area (Å²) < 4.78 is 0. The van der Waals surface area contributed by atoms with E-state index in [0.717, 1.165) is 6.42 Å². The Balaban J connectivity index is 3.65. The molecule has 0 fully saturated rings. The second-order valence-electron chi connectivity index (χ2n) is 3.45. The van der Waals surface area contributed by atoms with Gasteiger partial charge in [-0.15, -0.1) is 6.58 Å². The first kappa shape index (κ1) is 10.4. The van der Waals surface area contributed by atoms with Crippen LogP contribution in [0.4, 0.5) is 0 Å². The molecule has 1 unspecified atom stereocenters. The third kappa shape index (κ3) is 4.77. The van der Waals surface area contributed by atoms with Crippen molar-refractivity contribution in [1.82, 2.24) is 0 Å². The summed E-state index contributed by atoms with van der Waals surface area (Å²) in [5, 5.41) is 0. The highest BCUT2D eigenvalue weighted by atomic mass is 16.1. The van der Waals surface area contributed by atoms with Gasteiger partial charge in [0.05, 0.1) is 0 Å². The van der Waals surface area contributed by atoms with Gasteiger partial charge in [-0.05, 0) is 12.3 Å². The smallest absolute Gasteiger partial charge is 0.135 e. The summed E-state index contributed by atoms with van der Waals surface area (Å²) in [4.78, 5) is 11.2. The van der Waals surface area contributed by atoms with Gasteiger partial charge in [-0.25, -0.2) is 0 Å². The monoisotopic (exact) mass is 154 g/mol. The Bertz CT molecular complexity index is 136. The van der Waals surface area contributed by atoms with Crippen LogP contribution < -0.4 is 0 Å². The first-order chi connectivity index (χ1) is 5.07. The molecule has 0 aromatic rings. The van der Waals surface area contributed by atoms with Crippen molar-refractivity contribution in [1.29, 1.82) is 0 Å². The molecule has 0 radical (unpaired) electrons. The van der Waals surface area contributed by atoms with E-state index in [2.05, 4.69) is 13.5 Å². The molecular formula is C10H18O. The van der Waals surface area contributed by atoms with E-state index >= 15 is 0 Å². The van der Waals surface area contributed by atoms with Crippen LogP contribution in [0.15, 0.2) is 12.7 Å². The number of rotatable bonds is 5. The van der Waals surface area contributed by atoms with Crippen LogP contribution in [-0.4, -0.2) is 5.78 Å². The van der Waals surface area contributed by atoms with E-state index in [1.807, 2.05) is 19.9 Å². The number of carbonyl (C=O) groups is 1. The minimum Gasteiger partial charge on any atom is -0.299 e. The Kier molecular flexibility index (Phi) is 4.84. The Morgan fingerprint density at radius 1 is 1.45 bits per heavy atom. The van der Waals surface area contributed by atoms with Crippen molar-refractivity contribution in [3.8, 4) is 0 Å². The zero-order valence-corrected chi connectivity index (χ0v) is 7.76. The van der Waals surface area contributed by atoms with E-state index in [1.54, 1.807) is 0 Å². The first-order valence-corrected chi connectivity index (χ1v) is 4.21. The Morgan fingerprint density at radius 2 is 2.00 bits per heavy atom. The van der Waals surface area contributed by atoms with Crippen LogP contribution in [0.5, 0.6) is 0 Å². The first-order valence-electron chi connectivity index (χ1n) is 4.21. The van der Waals surface area contributed by atoms with E-state index in [1.165, 1.54) is 0 Å². The Hall–Kier alpha value is -0.590. The number of carbonyl (C=O) groups excluding carboxylic acids is 1. The number of allylic oxidation sites excluding steroid dienone is 1. The van der Waals surface area contributed by atoms with Crippen molar-refractivity contribution in [3.63, 3.8) is 0 Å². The summed E-state index contributed by atoms with van der Waals surface area (Å²) in [5.41, 5.74) is 0. The lowest BCUT2D eigenvalue weighted by Gasteiger charge is -2.08. The van der Waals surface area contributed by atoms with Gasteiger partial charge in [0.25, 0.3) is 0 Å². The van der Waals surface area contributed by atoms with Crippen LogP contribution in [0, 0.1) is 11.8 Å². The largest absolute Gasteiger partial charge is 0.299 e. The molecule has 0 aromatic heterocycles. The topological polar surface area (TPSA) is 17.1 Å². The number of Topliss-reactive ketones (excluding diaryl/α,β-unsaturated/α-hetero) is 1. The summed E-state index contributed by atoms with van der Waals surface area (Å²) in [6.45, 7) is 9.62. The predicted molar refractivity (Wildman–Crippen MR) is 48.4 cm³/mol. The lowest BCUT2D eigenvalue weighted by atomic mass is 9.96. The minimum absolute atomic E-state index is 0.183. The van der Waals surface area contributed by atoms with E-state index in [4.69, 9.17) is 0 Å².